The molecule has 25 heavy (non-hydrogen) atoms. The topological polar surface area (TPSA) is 111 Å². The van der Waals surface area contributed by atoms with Gasteiger partial charge in [-0.05, 0) is 43.6 Å². The summed E-state index contributed by atoms with van der Waals surface area (Å²) < 4.78 is 27.7. The third-order valence-corrected chi connectivity index (χ3v) is 5.03. The first-order valence-electron chi connectivity index (χ1n) is 7.91. The van der Waals surface area contributed by atoms with Crippen molar-refractivity contribution in [2.75, 3.05) is 33.4 Å². The zero-order chi connectivity index (χ0) is 17.6. The van der Waals surface area contributed by atoms with E-state index in [0.29, 0.717) is 24.3 Å². The lowest BCUT2D eigenvalue weighted by Crippen LogP contribution is -2.47. The minimum absolute atomic E-state index is 0. The van der Waals surface area contributed by atoms with Gasteiger partial charge in [-0.1, -0.05) is 12.1 Å². The molecule has 7 nitrogen and oxygen atoms in total. The van der Waals surface area contributed by atoms with Gasteiger partial charge in [-0.25, -0.2) is 13.6 Å². The second kappa shape index (κ2) is 9.49. The average Bonchev–Trinajstić information content (AvgIpc) is 2.52. The van der Waals surface area contributed by atoms with Crippen molar-refractivity contribution in [1.29, 1.82) is 0 Å². The smallest absolute Gasteiger partial charge is 0.251 e. The minimum Gasteiger partial charge on any atom is -0.384 e. The first-order chi connectivity index (χ1) is 11.3. The van der Waals surface area contributed by atoms with E-state index in [2.05, 4.69) is 10.6 Å². The van der Waals surface area contributed by atoms with Gasteiger partial charge in [0.25, 0.3) is 5.91 Å². The second-order valence-electron chi connectivity index (χ2n) is 6.37. The maximum atomic E-state index is 12.4. The third kappa shape index (κ3) is 6.91. The Hall–Kier alpha value is -1.19. The highest BCUT2D eigenvalue weighted by Gasteiger charge is 2.32. The molecule has 0 atom stereocenters. The molecule has 0 spiro atoms. The van der Waals surface area contributed by atoms with Crippen molar-refractivity contribution in [2.24, 2.45) is 10.6 Å². The Morgan fingerprint density at radius 3 is 2.64 bits per heavy atom. The number of rotatable bonds is 7. The van der Waals surface area contributed by atoms with E-state index in [1.807, 2.05) is 0 Å². The zero-order valence-corrected chi connectivity index (χ0v) is 15.9. The van der Waals surface area contributed by atoms with Gasteiger partial charge in [-0.2, -0.15) is 0 Å². The number of sulfonamides is 1. The Labute approximate surface area is 155 Å². The number of nitrogens with two attached hydrogens (primary N) is 1. The van der Waals surface area contributed by atoms with E-state index in [9.17, 15) is 13.2 Å². The summed E-state index contributed by atoms with van der Waals surface area (Å²) in [4.78, 5) is 12.4. The standard InChI is InChI=1S/C16H25N3O4S.ClH/c1-23-12-16(5-7-18-8-6-16)11-19-15(20)14-4-2-3-13(9-14)10-24(17,21)22;/h2-4,9,18H,5-8,10-12H2,1H3,(H,19,20)(H2,17,21,22);1H. The fourth-order valence-corrected chi connectivity index (χ4v) is 3.68. The van der Waals surface area contributed by atoms with Crippen LogP contribution in [0.3, 0.4) is 0 Å². The van der Waals surface area contributed by atoms with Crippen molar-refractivity contribution in [2.45, 2.75) is 18.6 Å². The van der Waals surface area contributed by atoms with Crippen molar-refractivity contribution < 1.29 is 17.9 Å². The number of halogens is 1. The number of piperidine rings is 1. The molecule has 1 aromatic carbocycles. The first kappa shape index (κ1) is 21.9. The second-order valence-corrected chi connectivity index (χ2v) is 7.99. The quantitative estimate of drug-likeness (QED) is 0.631. The van der Waals surface area contributed by atoms with Crippen LogP contribution in [-0.2, 0) is 20.5 Å². The van der Waals surface area contributed by atoms with Crippen molar-refractivity contribution >= 4 is 28.3 Å². The molecular weight excluding hydrogens is 366 g/mol. The number of ether oxygens (including phenoxy) is 1. The molecule has 0 aromatic heterocycles. The number of methoxy groups -OCH3 is 1. The maximum absolute atomic E-state index is 12.4. The van der Waals surface area contributed by atoms with Gasteiger partial charge in [0.2, 0.25) is 10.0 Å². The summed E-state index contributed by atoms with van der Waals surface area (Å²) in [5, 5.41) is 11.3. The molecule has 1 fully saturated rings. The molecule has 4 N–H and O–H groups in total. The van der Waals surface area contributed by atoms with Crippen LogP contribution in [0.25, 0.3) is 0 Å². The highest BCUT2D eigenvalue weighted by molar-refractivity contribution is 7.88. The molecule has 0 aliphatic carbocycles. The summed E-state index contributed by atoms with van der Waals surface area (Å²) in [5.74, 6) is -0.506. The molecule has 9 heteroatoms. The molecular formula is C16H26ClN3O4S. The maximum Gasteiger partial charge on any atom is 0.251 e. The molecule has 0 radical (unpaired) electrons. The summed E-state index contributed by atoms with van der Waals surface area (Å²) in [5.41, 5.74) is 0.865. The monoisotopic (exact) mass is 391 g/mol. The minimum atomic E-state index is -3.62. The van der Waals surface area contributed by atoms with Crippen LogP contribution >= 0.6 is 12.4 Å². The molecule has 0 bridgehead atoms. The molecule has 1 heterocycles. The number of carbonyl (C=O) groups excluding carboxylic acids is 1. The van der Waals surface area contributed by atoms with Gasteiger partial charge < -0.3 is 15.4 Å². The van der Waals surface area contributed by atoms with Crippen LogP contribution in [0, 0.1) is 5.41 Å². The van der Waals surface area contributed by atoms with Crippen LogP contribution in [0.2, 0.25) is 0 Å². The molecule has 142 valence electrons. The van der Waals surface area contributed by atoms with Gasteiger partial charge >= 0.3 is 0 Å². The van der Waals surface area contributed by atoms with Gasteiger partial charge in [-0.15, -0.1) is 12.4 Å². The predicted octanol–water partition coefficient (Wildman–Crippen LogP) is 0.643. The van der Waals surface area contributed by atoms with Crippen molar-refractivity contribution in [1.82, 2.24) is 10.6 Å². The molecule has 2 rings (SSSR count). The largest absolute Gasteiger partial charge is 0.384 e. The van der Waals surface area contributed by atoms with E-state index in [1.54, 1.807) is 31.4 Å². The summed E-state index contributed by atoms with van der Waals surface area (Å²) in [6.45, 7) is 2.94. The van der Waals surface area contributed by atoms with Gasteiger partial charge in [0.15, 0.2) is 0 Å². The lowest BCUT2D eigenvalue weighted by Gasteiger charge is -2.37. The van der Waals surface area contributed by atoms with Gasteiger partial charge in [0, 0.05) is 24.6 Å². The number of nitrogens with one attached hydrogen (secondary N) is 2. The van der Waals surface area contributed by atoms with Crippen molar-refractivity contribution in [3.05, 3.63) is 35.4 Å². The number of carbonyl (C=O) groups is 1. The molecule has 0 unspecified atom stereocenters. The van der Waals surface area contributed by atoms with Crippen LogP contribution in [0.15, 0.2) is 24.3 Å². The average molecular weight is 392 g/mol. The van der Waals surface area contributed by atoms with Crippen LogP contribution in [0.1, 0.15) is 28.8 Å². The number of hydrogen-bond acceptors (Lipinski definition) is 5. The van der Waals surface area contributed by atoms with Crippen LogP contribution in [-0.4, -0.2) is 47.7 Å². The van der Waals surface area contributed by atoms with Crippen LogP contribution < -0.4 is 15.8 Å². The molecule has 1 aromatic rings. The Kier molecular flexibility index (Phi) is 8.30. The Morgan fingerprint density at radius 2 is 2.04 bits per heavy atom. The third-order valence-electron chi connectivity index (χ3n) is 4.30. The normalized spacial score (nSPS) is 16.7. The number of primary sulfonamides is 1. The molecule has 1 aliphatic rings. The summed E-state index contributed by atoms with van der Waals surface area (Å²) >= 11 is 0. The number of hydrogen-bond donors (Lipinski definition) is 3. The number of amides is 1. The predicted molar refractivity (Wildman–Crippen MR) is 99.2 cm³/mol. The molecule has 0 saturated carbocycles. The van der Waals surface area contributed by atoms with Crippen molar-refractivity contribution in [3.63, 3.8) is 0 Å². The van der Waals surface area contributed by atoms with E-state index in [-0.39, 0.29) is 29.5 Å². The Bertz CT molecular complexity index is 670. The van der Waals surface area contributed by atoms with Gasteiger partial charge in [0.05, 0.1) is 12.4 Å². The van der Waals surface area contributed by atoms with Crippen molar-refractivity contribution in [3.8, 4) is 0 Å². The lowest BCUT2D eigenvalue weighted by molar-refractivity contribution is 0.0511. The van der Waals surface area contributed by atoms with Crippen LogP contribution in [0.4, 0.5) is 0 Å². The molecule has 1 aliphatic heterocycles. The number of benzene rings is 1. The lowest BCUT2D eigenvalue weighted by atomic mass is 9.79. The summed E-state index contributed by atoms with van der Waals surface area (Å²) in [6, 6.07) is 6.52. The summed E-state index contributed by atoms with van der Waals surface area (Å²) in [7, 11) is -1.95. The fraction of sp³-hybridized carbons (Fsp3) is 0.562. The van der Waals surface area contributed by atoms with E-state index in [4.69, 9.17) is 9.88 Å². The first-order valence-corrected chi connectivity index (χ1v) is 9.62. The van der Waals surface area contributed by atoms with E-state index >= 15 is 0 Å². The van der Waals surface area contributed by atoms with E-state index < -0.39 is 10.0 Å². The van der Waals surface area contributed by atoms with Gasteiger partial charge in [-0.3, -0.25) is 4.79 Å². The summed E-state index contributed by atoms with van der Waals surface area (Å²) in [6.07, 6.45) is 1.87. The van der Waals surface area contributed by atoms with E-state index in [1.165, 1.54) is 0 Å². The van der Waals surface area contributed by atoms with E-state index in [0.717, 1.165) is 25.9 Å². The van der Waals surface area contributed by atoms with Crippen LogP contribution in [0.5, 0.6) is 0 Å². The Balaban J connectivity index is 0.00000312. The molecule has 1 saturated heterocycles. The highest BCUT2D eigenvalue weighted by atomic mass is 35.5. The fourth-order valence-electron chi connectivity index (χ4n) is 3.04. The SMILES string of the molecule is COCC1(CNC(=O)c2cccc(CS(N)(=O)=O)c2)CCNCC1.Cl. The zero-order valence-electron chi connectivity index (χ0n) is 14.3. The van der Waals surface area contributed by atoms with Gasteiger partial charge in [0.1, 0.15) is 0 Å². The Morgan fingerprint density at radius 1 is 1.36 bits per heavy atom. The molecule has 1 amide bonds. The highest BCUT2D eigenvalue weighted by Crippen LogP contribution is 2.28.